The number of carbonyl (C=O) groups excluding carboxylic acids is 3. The van der Waals surface area contributed by atoms with Gasteiger partial charge in [0.15, 0.2) is 0 Å². The van der Waals surface area contributed by atoms with Crippen LogP contribution in [0, 0.1) is 5.41 Å². The molecule has 0 unspecified atom stereocenters. The Kier molecular flexibility index (Phi) is 38.4. The Hall–Kier alpha value is -2.37. The zero-order valence-electron chi connectivity index (χ0n) is 33.8. The average Bonchev–Trinajstić information content (AvgIpc) is 3.04. The standard InChI is InChI=1S/C21H41NO.2C11H21NO/c1-3-5-6-7-8-9-10-11-12-13-14-15-16-17-18-19-20-22-21(23)4-2;1-7-9(13)12-11(5,6)8-10(2,3)4;1-3-5-6-7-8-9-10-12-11(13)4-2/h4H,2-3,5-20H2,1H3,(H,22,23);7H,1,8H2,2-6H3,(H,12,13);4H,2-3,5-10H2,1H3,(H,12,13). The molecule has 3 N–H and O–H groups in total. The van der Waals surface area contributed by atoms with Crippen LogP contribution in [-0.2, 0) is 14.4 Å². The first-order chi connectivity index (χ1) is 23.3. The minimum Gasteiger partial charge on any atom is -0.353 e. The molecule has 0 heterocycles. The molecule has 0 aromatic rings. The van der Waals surface area contributed by atoms with E-state index in [0.717, 1.165) is 32.4 Å². The third kappa shape index (κ3) is 47.8. The predicted molar refractivity (Wildman–Crippen MR) is 216 cm³/mol. The van der Waals surface area contributed by atoms with E-state index >= 15 is 0 Å². The van der Waals surface area contributed by atoms with Gasteiger partial charge in [-0.15, -0.1) is 0 Å². The molecule has 288 valence electrons. The van der Waals surface area contributed by atoms with Crippen molar-refractivity contribution in [2.24, 2.45) is 5.41 Å². The van der Waals surface area contributed by atoms with Gasteiger partial charge in [-0.25, -0.2) is 0 Å². The van der Waals surface area contributed by atoms with Crippen LogP contribution >= 0.6 is 0 Å². The maximum atomic E-state index is 11.1. The third-order valence-electron chi connectivity index (χ3n) is 8.15. The highest BCUT2D eigenvalue weighted by Gasteiger charge is 2.26. The lowest BCUT2D eigenvalue weighted by molar-refractivity contribution is -0.118. The summed E-state index contributed by atoms with van der Waals surface area (Å²) < 4.78 is 0. The van der Waals surface area contributed by atoms with Crippen molar-refractivity contribution < 1.29 is 14.4 Å². The molecule has 3 amide bonds. The van der Waals surface area contributed by atoms with Gasteiger partial charge in [0.1, 0.15) is 0 Å². The smallest absolute Gasteiger partial charge is 0.243 e. The minimum atomic E-state index is -0.163. The topological polar surface area (TPSA) is 87.3 Å². The fourth-order valence-electron chi connectivity index (χ4n) is 5.90. The molecule has 0 atom stereocenters. The summed E-state index contributed by atoms with van der Waals surface area (Å²) in [4.78, 5) is 32.7. The quantitative estimate of drug-likeness (QED) is 0.0539. The van der Waals surface area contributed by atoms with E-state index in [0.29, 0.717) is 0 Å². The highest BCUT2D eigenvalue weighted by molar-refractivity contribution is 5.87. The summed E-state index contributed by atoms with van der Waals surface area (Å²) in [6.07, 6.45) is 34.5. The maximum Gasteiger partial charge on any atom is 0.243 e. The molecule has 0 spiro atoms. The van der Waals surface area contributed by atoms with Crippen molar-refractivity contribution in [1.82, 2.24) is 16.0 Å². The van der Waals surface area contributed by atoms with Crippen LogP contribution in [0.1, 0.15) is 196 Å². The van der Waals surface area contributed by atoms with Gasteiger partial charge >= 0.3 is 0 Å². The van der Waals surface area contributed by atoms with Gasteiger partial charge in [-0.2, -0.15) is 0 Å². The van der Waals surface area contributed by atoms with Crippen LogP contribution in [0.15, 0.2) is 38.0 Å². The Morgan fingerprint density at radius 2 is 0.714 bits per heavy atom. The second-order valence-corrected chi connectivity index (χ2v) is 15.4. The molecule has 6 heteroatoms. The summed E-state index contributed by atoms with van der Waals surface area (Å²) >= 11 is 0. The average molecular weight is 690 g/mol. The van der Waals surface area contributed by atoms with Crippen LogP contribution in [-0.4, -0.2) is 36.3 Å². The molecule has 0 saturated heterocycles. The van der Waals surface area contributed by atoms with Crippen molar-refractivity contribution in [3.8, 4) is 0 Å². The maximum absolute atomic E-state index is 11.1. The lowest BCUT2D eigenvalue weighted by atomic mass is 9.82. The Balaban J connectivity index is -0.000000696. The van der Waals surface area contributed by atoms with Crippen molar-refractivity contribution >= 4 is 17.7 Å². The molecular weight excluding hydrogens is 606 g/mol. The van der Waals surface area contributed by atoms with Crippen molar-refractivity contribution in [2.75, 3.05) is 13.1 Å². The normalized spacial score (nSPS) is 10.8. The molecule has 0 aliphatic rings. The van der Waals surface area contributed by atoms with E-state index in [-0.39, 0.29) is 28.7 Å². The number of rotatable bonds is 29. The van der Waals surface area contributed by atoms with E-state index in [1.807, 2.05) is 13.8 Å². The SMILES string of the molecule is C=CC(=O)NC(C)(C)CC(C)(C)C.C=CC(=O)NCCCCCCCC.C=CC(=O)NCCCCCCCCCCCCCCCCCC. The van der Waals surface area contributed by atoms with E-state index in [4.69, 9.17) is 0 Å². The molecule has 0 aliphatic carbocycles. The lowest BCUT2D eigenvalue weighted by Crippen LogP contribution is -2.45. The second-order valence-electron chi connectivity index (χ2n) is 15.4. The molecule has 0 aliphatic heterocycles. The van der Waals surface area contributed by atoms with Crippen molar-refractivity contribution in [1.29, 1.82) is 0 Å². The molecule has 0 radical (unpaired) electrons. The number of unbranched alkanes of at least 4 members (excludes halogenated alkanes) is 20. The Morgan fingerprint density at radius 3 is 0.959 bits per heavy atom. The molecule has 0 aromatic heterocycles. The van der Waals surface area contributed by atoms with E-state index < -0.39 is 0 Å². The van der Waals surface area contributed by atoms with Crippen LogP contribution in [0.25, 0.3) is 0 Å². The molecule has 0 fully saturated rings. The number of carbonyl (C=O) groups is 3. The van der Waals surface area contributed by atoms with Crippen LogP contribution in [0.4, 0.5) is 0 Å². The van der Waals surface area contributed by atoms with E-state index in [9.17, 15) is 14.4 Å². The van der Waals surface area contributed by atoms with E-state index in [2.05, 4.69) is 70.3 Å². The summed E-state index contributed by atoms with van der Waals surface area (Å²) in [7, 11) is 0. The number of hydrogen-bond donors (Lipinski definition) is 3. The first kappa shape index (κ1) is 51.0. The fourth-order valence-corrected chi connectivity index (χ4v) is 5.90. The molecule has 6 nitrogen and oxygen atoms in total. The molecule has 0 rings (SSSR count). The Morgan fingerprint density at radius 1 is 0.449 bits per heavy atom. The monoisotopic (exact) mass is 690 g/mol. The summed E-state index contributed by atoms with van der Waals surface area (Å²) in [5.74, 6) is -0.214. The summed E-state index contributed by atoms with van der Waals surface area (Å²) in [6, 6.07) is 0. The van der Waals surface area contributed by atoms with Gasteiger partial charge in [0.2, 0.25) is 17.7 Å². The Labute approximate surface area is 305 Å². The van der Waals surface area contributed by atoms with Crippen LogP contribution in [0.5, 0.6) is 0 Å². The Bertz CT molecular complexity index is 814. The van der Waals surface area contributed by atoms with Gasteiger partial charge in [-0.05, 0) is 56.8 Å². The van der Waals surface area contributed by atoms with Crippen molar-refractivity contribution in [2.45, 2.75) is 202 Å². The zero-order chi connectivity index (χ0) is 37.7. The number of amides is 3. The first-order valence-corrected chi connectivity index (χ1v) is 20.0. The van der Waals surface area contributed by atoms with Crippen LogP contribution in [0.3, 0.4) is 0 Å². The highest BCUT2D eigenvalue weighted by atomic mass is 16.2. The molecule has 0 saturated carbocycles. The molecular formula is C43H83N3O3. The van der Waals surface area contributed by atoms with E-state index in [1.165, 1.54) is 147 Å². The van der Waals surface area contributed by atoms with Gasteiger partial charge in [-0.3, -0.25) is 14.4 Å². The van der Waals surface area contributed by atoms with Gasteiger partial charge in [0, 0.05) is 18.6 Å². The summed E-state index contributed by atoms with van der Waals surface area (Å²) in [5.41, 5.74) is 0.0570. The van der Waals surface area contributed by atoms with Crippen LogP contribution in [0.2, 0.25) is 0 Å². The highest BCUT2D eigenvalue weighted by Crippen LogP contribution is 2.26. The van der Waals surface area contributed by atoms with Gasteiger partial charge in [0.25, 0.3) is 0 Å². The predicted octanol–water partition coefficient (Wildman–Crippen LogP) is 11.7. The molecule has 0 bridgehead atoms. The van der Waals surface area contributed by atoms with Gasteiger partial charge in [0.05, 0.1) is 0 Å². The van der Waals surface area contributed by atoms with Gasteiger partial charge in [-0.1, -0.05) is 183 Å². The molecule has 0 aromatic carbocycles. The lowest BCUT2D eigenvalue weighted by Gasteiger charge is -2.32. The van der Waals surface area contributed by atoms with Crippen molar-refractivity contribution in [3.05, 3.63) is 38.0 Å². The second kappa shape index (κ2) is 36.9. The number of hydrogen-bond acceptors (Lipinski definition) is 3. The summed E-state index contributed by atoms with van der Waals surface area (Å²) in [6.45, 7) is 26.9. The largest absolute Gasteiger partial charge is 0.353 e. The van der Waals surface area contributed by atoms with Crippen LogP contribution < -0.4 is 16.0 Å². The summed E-state index contributed by atoms with van der Waals surface area (Å²) in [5, 5.41) is 8.50. The first-order valence-electron chi connectivity index (χ1n) is 20.0. The number of nitrogens with one attached hydrogen (secondary N) is 3. The van der Waals surface area contributed by atoms with Crippen molar-refractivity contribution in [3.63, 3.8) is 0 Å². The third-order valence-corrected chi connectivity index (χ3v) is 8.15. The van der Waals surface area contributed by atoms with E-state index in [1.54, 1.807) is 0 Å². The zero-order valence-corrected chi connectivity index (χ0v) is 33.8. The fraction of sp³-hybridized carbons (Fsp3) is 0.791. The minimum absolute atomic E-state index is 0.0500. The molecule has 49 heavy (non-hydrogen) atoms. The van der Waals surface area contributed by atoms with Gasteiger partial charge < -0.3 is 16.0 Å².